The van der Waals surface area contributed by atoms with Gasteiger partial charge in [0.05, 0.1) is 10.9 Å². The Bertz CT molecular complexity index is 1320. The first-order valence-electron chi connectivity index (χ1n) is 9.88. The van der Waals surface area contributed by atoms with E-state index < -0.39 is 28.1 Å². The number of primary sulfonamides is 1. The van der Waals surface area contributed by atoms with E-state index in [0.29, 0.717) is 22.5 Å². The number of halogens is 3. The van der Waals surface area contributed by atoms with Gasteiger partial charge in [-0.2, -0.15) is 18.2 Å². The van der Waals surface area contributed by atoms with Crippen LogP contribution in [-0.2, 0) is 27.4 Å². The van der Waals surface area contributed by atoms with E-state index in [0.717, 1.165) is 4.52 Å². The van der Waals surface area contributed by atoms with Crippen molar-refractivity contribution in [1.82, 2.24) is 24.5 Å². The molecule has 0 aliphatic rings. The molecule has 0 radical (unpaired) electrons. The fourth-order valence-electron chi connectivity index (χ4n) is 3.49. The normalized spacial score (nSPS) is 13.3. The maximum absolute atomic E-state index is 13.0. The molecule has 178 valence electrons. The van der Waals surface area contributed by atoms with E-state index in [1.54, 1.807) is 40.0 Å². The zero-order valence-electron chi connectivity index (χ0n) is 18.4. The third kappa shape index (κ3) is 5.14. The van der Waals surface area contributed by atoms with Gasteiger partial charge in [-0.15, -0.1) is 5.10 Å². The smallest absolute Gasteiger partial charge is 0.339 e. The minimum Gasteiger partial charge on any atom is -0.339 e. The summed E-state index contributed by atoms with van der Waals surface area (Å²) in [4.78, 5) is 21.8. The number of aryl methyl sites for hydroxylation is 2. The Morgan fingerprint density at radius 2 is 1.91 bits per heavy atom. The van der Waals surface area contributed by atoms with Crippen molar-refractivity contribution in [2.45, 2.75) is 50.7 Å². The average molecular weight is 485 g/mol. The lowest BCUT2D eigenvalue weighted by atomic mass is 10.0. The minimum absolute atomic E-state index is 0.0515. The topological polar surface area (TPSA) is 124 Å². The first-order chi connectivity index (χ1) is 15.2. The number of nitrogens with two attached hydrogens (primary N) is 1. The van der Waals surface area contributed by atoms with Gasteiger partial charge in [-0.1, -0.05) is 12.1 Å². The molecule has 0 bridgehead atoms. The van der Waals surface area contributed by atoms with Gasteiger partial charge in [0.15, 0.2) is 0 Å². The molecule has 1 aromatic carbocycles. The maximum atomic E-state index is 13.0. The number of nitrogens with zero attached hydrogens (tertiary/aromatic N) is 5. The molecular weight excluding hydrogens is 461 g/mol. The average Bonchev–Trinajstić information content (AvgIpc) is 3.16. The fourth-order valence-corrected chi connectivity index (χ4v) is 4.06. The van der Waals surface area contributed by atoms with Crippen LogP contribution < -0.4 is 5.14 Å². The molecule has 9 nitrogen and oxygen atoms in total. The molecule has 0 saturated heterocycles. The number of alkyl halides is 3. The quantitative estimate of drug-likeness (QED) is 0.574. The van der Waals surface area contributed by atoms with Crippen LogP contribution in [0, 0.1) is 13.8 Å². The Kier molecular flexibility index (Phi) is 6.48. The van der Waals surface area contributed by atoms with Crippen molar-refractivity contribution in [3.8, 4) is 0 Å². The van der Waals surface area contributed by atoms with Crippen LogP contribution in [-0.4, -0.2) is 45.9 Å². The molecule has 0 saturated carbocycles. The fraction of sp³-hybridized carbons (Fsp3) is 0.400. The van der Waals surface area contributed by atoms with Gasteiger partial charge in [0, 0.05) is 24.9 Å². The van der Waals surface area contributed by atoms with E-state index >= 15 is 0 Å². The summed E-state index contributed by atoms with van der Waals surface area (Å²) < 4.78 is 63.1. The predicted molar refractivity (Wildman–Crippen MR) is 113 cm³/mol. The van der Waals surface area contributed by atoms with E-state index in [-0.39, 0.29) is 29.4 Å². The van der Waals surface area contributed by atoms with Crippen LogP contribution in [0.15, 0.2) is 29.2 Å². The summed E-state index contributed by atoms with van der Waals surface area (Å²) in [6, 6.07) is 5.59. The van der Waals surface area contributed by atoms with Gasteiger partial charge in [-0.05, 0) is 50.5 Å². The molecule has 0 aliphatic heterocycles. The van der Waals surface area contributed by atoms with Crippen molar-refractivity contribution >= 4 is 21.7 Å². The number of amides is 1. The zero-order valence-corrected chi connectivity index (χ0v) is 19.2. The monoisotopic (exact) mass is 484 g/mol. The van der Waals surface area contributed by atoms with Gasteiger partial charge in [0.2, 0.25) is 15.9 Å². The Balaban J connectivity index is 1.79. The van der Waals surface area contributed by atoms with Crippen LogP contribution in [0.1, 0.15) is 47.7 Å². The first kappa shape index (κ1) is 24.6. The Labute approximate surface area is 188 Å². The summed E-state index contributed by atoms with van der Waals surface area (Å²) >= 11 is 0. The van der Waals surface area contributed by atoms with Crippen LogP contribution in [0.4, 0.5) is 13.2 Å². The third-order valence-corrected chi connectivity index (χ3v) is 6.45. The summed E-state index contributed by atoms with van der Waals surface area (Å²) in [5.74, 6) is -1.68. The molecule has 33 heavy (non-hydrogen) atoms. The van der Waals surface area contributed by atoms with E-state index in [2.05, 4.69) is 15.1 Å². The van der Waals surface area contributed by atoms with Gasteiger partial charge in [0.25, 0.3) is 11.6 Å². The van der Waals surface area contributed by atoms with Crippen molar-refractivity contribution in [2.75, 3.05) is 7.05 Å². The van der Waals surface area contributed by atoms with Crippen LogP contribution >= 0.6 is 0 Å². The van der Waals surface area contributed by atoms with Gasteiger partial charge >= 0.3 is 6.18 Å². The molecule has 0 aliphatic carbocycles. The highest BCUT2D eigenvalue weighted by atomic mass is 32.2. The molecule has 2 aromatic heterocycles. The lowest BCUT2D eigenvalue weighted by Gasteiger charge is -2.26. The van der Waals surface area contributed by atoms with Crippen LogP contribution in [0.2, 0.25) is 0 Å². The number of fused-ring (bicyclic) bond motifs is 1. The molecule has 1 amide bonds. The second kappa shape index (κ2) is 8.71. The molecule has 3 aromatic rings. The maximum Gasteiger partial charge on any atom is 0.453 e. The minimum atomic E-state index is -4.69. The third-order valence-electron chi connectivity index (χ3n) is 5.53. The molecule has 0 fully saturated rings. The SMILES string of the molecule is Cc1nc2nc(C(F)(F)F)nn2c(C)c1CCC(=O)N(C)C(C)c1cccc(S(N)(=O)=O)c1. The number of benzene rings is 1. The van der Waals surface area contributed by atoms with Crippen LogP contribution in [0.25, 0.3) is 5.78 Å². The lowest BCUT2D eigenvalue weighted by molar-refractivity contribution is -0.144. The molecule has 1 unspecified atom stereocenters. The Hall–Kier alpha value is -3.06. The predicted octanol–water partition coefficient (Wildman–Crippen LogP) is 2.56. The summed E-state index contributed by atoms with van der Waals surface area (Å²) in [5, 5.41) is 8.69. The van der Waals surface area contributed by atoms with Gasteiger partial charge in [-0.25, -0.2) is 23.1 Å². The summed E-state index contributed by atoms with van der Waals surface area (Å²) in [5.41, 5.74) is 2.08. The standard InChI is InChI=1S/C20H23F3N6O3S/c1-11-16(13(3)29-19(25-11)26-18(27-29)20(21,22)23)8-9-17(30)28(4)12(2)14-6-5-7-15(10-14)33(24,31)32/h5-7,10,12H,8-9H2,1-4H3,(H2,24,31,32). The second-order valence-electron chi connectivity index (χ2n) is 7.70. The van der Waals surface area contributed by atoms with Crippen LogP contribution in [0.5, 0.6) is 0 Å². The Morgan fingerprint density at radius 3 is 2.52 bits per heavy atom. The second-order valence-corrected chi connectivity index (χ2v) is 9.27. The van der Waals surface area contributed by atoms with Crippen molar-refractivity contribution in [3.63, 3.8) is 0 Å². The van der Waals surface area contributed by atoms with Crippen LogP contribution in [0.3, 0.4) is 0 Å². The molecule has 3 rings (SSSR count). The number of carbonyl (C=O) groups is 1. The molecule has 2 heterocycles. The van der Waals surface area contributed by atoms with E-state index in [4.69, 9.17) is 5.14 Å². The van der Waals surface area contributed by atoms with Crippen molar-refractivity contribution < 1.29 is 26.4 Å². The molecule has 13 heteroatoms. The van der Waals surface area contributed by atoms with E-state index in [1.807, 2.05) is 0 Å². The summed E-state index contributed by atoms with van der Waals surface area (Å²) in [7, 11) is -2.29. The first-order valence-corrected chi connectivity index (χ1v) is 11.4. The van der Waals surface area contributed by atoms with Crippen molar-refractivity contribution in [2.24, 2.45) is 5.14 Å². The zero-order chi connectivity index (χ0) is 24.7. The summed E-state index contributed by atoms with van der Waals surface area (Å²) in [6.45, 7) is 4.99. The number of rotatable bonds is 6. The number of hydrogen-bond acceptors (Lipinski definition) is 6. The molecule has 0 spiro atoms. The number of sulfonamides is 1. The summed E-state index contributed by atoms with van der Waals surface area (Å²) in [6.07, 6.45) is -4.40. The molecule has 2 N–H and O–H groups in total. The van der Waals surface area contributed by atoms with Gasteiger partial charge in [0.1, 0.15) is 0 Å². The number of hydrogen-bond donors (Lipinski definition) is 1. The molecule has 1 atom stereocenters. The Morgan fingerprint density at radius 1 is 1.24 bits per heavy atom. The van der Waals surface area contributed by atoms with Gasteiger partial charge in [-0.3, -0.25) is 4.79 Å². The highest BCUT2D eigenvalue weighted by molar-refractivity contribution is 7.89. The number of carbonyl (C=O) groups excluding carboxylic acids is 1. The highest BCUT2D eigenvalue weighted by Gasteiger charge is 2.37. The largest absolute Gasteiger partial charge is 0.453 e. The molecular formula is C20H23F3N6O3S. The van der Waals surface area contributed by atoms with E-state index in [9.17, 15) is 26.4 Å². The van der Waals surface area contributed by atoms with Gasteiger partial charge < -0.3 is 4.90 Å². The lowest BCUT2D eigenvalue weighted by Crippen LogP contribution is -2.30. The van der Waals surface area contributed by atoms with Crippen molar-refractivity contribution in [1.29, 1.82) is 0 Å². The van der Waals surface area contributed by atoms with E-state index in [1.165, 1.54) is 17.0 Å². The number of aromatic nitrogens is 4. The van der Waals surface area contributed by atoms with Crippen molar-refractivity contribution in [3.05, 3.63) is 52.6 Å². The highest BCUT2D eigenvalue weighted by Crippen LogP contribution is 2.27.